The van der Waals surface area contributed by atoms with E-state index in [0.717, 1.165) is 9.80 Å². The Morgan fingerprint density at radius 2 is 1.83 bits per heavy atom. The quantitative estimate of drug-likeness (QED) is 0.371. The summed E-state index contributed by atoms with van der Waals surface area (Å²) in [6, 6.07) is 2.42. The Hall–Kier alpha value is -3.27. The van der Waals surface area contributed by atoms with Crippen molar-refractivity contribution in [1.29, 1.82) is 0 Å². The number of anilines is 1. The molecular formula is C20H24N4O6. The molecule has 0 aliphatic carbocycles. The predicted octanol–water partition coefficient (Wildman–Crippen LogP) is -0.0911. The van der Waals surface area contributed by atoms with Crippen LogP contribution >= 0.6 is 0 Å². The minimum Gasteiger partial charge on any atom is -0.463 e. The molecule has 2 aliphatic rings. The summed E-state index contributed by atoms with van der Waals surface area (Å²) in [4.78, 5) is 64.3. The van der Waals surface area contributed by atoms with Gasteiger partial charge in [0.1, 0.15) is 18.7 Å². The Kier molecular flexibility index (Phi) is 5.88. The number of hydrogen-bond donors (Lipinski definition) is 2. The maximum absolute atomic E-state index is 12.9. The van der Waals surface area contributed by atoms with Crippen molar-refractivity contribution in [1.82, 2.24) is 9.80 Å². The molecule has 10 nitrogen and oxygen atoms in total. The number of likely N-dealkylation sites (tertiary alicyclic amines) is 1. The summed E-state index contributed by atoms with van der Waals surface area (Å²) >= 11 is 0. The molecule has 2 atom stereocenters. The minimum atomic E-state index is -1.11. The number of benzene rings is 1. The van der Waals surface area contributed by atoms with Crippen molar-refractivity contribution in [2.24, 2.45) is 11.7 Å². The number of nitrogens with zero attached hydrogens (tertiary/aromatic N) is 2. The highest BCUT2D eigenvalue weighted by atomic mass is 16.5. The molecule has 3 rings (SSSR count). The van der Waals surface area contributed by atoms with Crippen LogP contribution in [-0.2, 0) is 19.1 Å². The number of imide groups is 2. The Bertz CT molecular complexity index is 928. The van der Waals surface area contributed by atoms with Crippen LogP contribution in [0.25, 0.3) is 0 Å². The third-order valence-corrected chi connectivity index (χ3v) is 5.29. The molecule has 1 aromatic carbocycles. The first-order valence-electron chi connectivity index (χ1n) is 9.67. The standard InChI is InChI=1S/C20H24N4O6/c1-10(2)16(22)20(29)30-8-7-23-15(25)6-5-14(19(23)28)24-17(26)12-4-3-11(21)9-13(12)18(24)27/h3-4,9-10,14,16H,5-8,21-22H2,1-2H3/t14?,16-/m0/s1. The van der Waals surface area contributed by atoms with Crippen LogP contribution < -0.4 is 11.5 Å². The maximum Gasteiger partial charge on any atom is 0.323 e. The number of fused-ring (bicyclic) bond motifs is 1. The van der Waals surface area contributed by atoms with Gasteiger partial charge in [-0.2, -0.15) is 0 Å². The number of hydrogen-bond acceptors (Lipinski definition) is 8. The molecule has 2 heterocycles. The summed E-state index contributed by atoms with van der Waals surface area (Å²) in [6.45, 7) is 3.14. The summed E-state index contributed by atoms with van der Waals surface area (Å²) in [5, 5.41) is 0. The zero-order chi connectivity index (χ0) is 22.2. The van der Waals surface area contributed by atoms with Crippen molar-refractivity contribution in [3.8, 4) is 0 Å². The number of nitrogen functional groups attached to an aromatic ring is 1. The van der Waals surface area contributed by atoms with Crippen molar-refractivity contribution in [2.75, 3.05) is 18.9 Å². The lowest BCUT2D eigenvalue weighted by molar-refractivity contribution is -0.156. The normalized spacial score (nSPS) is 20.1. The van der Waals surface area contributed by atoms with Crippen molar-refractivity contribution >= 4 is 35.3 Å². The molecule has 0 spiro atoms. The van der Waals surface area contributed by atoms with Gasteiger partial charge in [0.15, 0.2) is 0 Å². The summed E-state index contributed by atoms with van der Waals surface area (Å²) < 4.78 is 5.06. The van der Waals surface area contributed by atoms with Gasteiger partial charge in [0, 0.05) is 12.1 Å². The topological polar surface area (TPSA) is 153 Å². The number of carbonyl (C=O) groups is 5. The van der Waals surface area contributed by atoms with Gasteiger partial charge in [-0.15, -0.1) is 0 Å². The van der Waals surface area contributed by atoms with Crippen molar-refractivity contribution in [2.45, 2.75) is 38.8 Å². The third-order valence-electron chi connectivity index (χ3n) is 5.29. The van der Waals surface area contributed by atoms with Gasteiger partial charge in [-0.05, 0) is 30.5 Å². The van der Waals surface area contributed by atoms with Crippen LogP contribution in [0.2, 0.25) is 0 Å². The van der Waals surface area contributed by atoms with Crippen LogP contribution in [0, 0.1) is 5.92 Å². The van der Waals surface area contributed by atoms with Gasteiger partial charge in [0.05, 0.1) is 17.7 Å². The van der Waals surface area contributed by atoms with E-state index in [9.17, 15) is 24.0 Å². The van der Waals surface area contributed by atoms with Crippen LogP contribution in [0.5, 0.6) is 0 Å². The lowest BCUT2D eigenvalue weighted by Crippen LogP contribution is -2.56. The molecule has 1 unspecified atom stereocenters. The highest BCUT2D eigenvalue weighted by Gasteiger charge is 2.46. The largest absolute Gasteiger partial charge is 0.463 e. The second-order valence-corrected chi connectivity index (χ2v) is 7.66. The number of esters is 1. The lowest BCUT2D eigenvalue weighted by atomic mass is 10.0. The van der Waals surface area contributed by atoms with Crippen molar-refractivity contribution in [3.63, 3.8) is 0 Å². The van der Waals surface area contributed by atoms with E-state index < -0.39 is 41.7 Å². The highest BCUT2D eigenvalue weighted by Crippen LogP contribution is 2.30. The van der Waals surface area contributed by atoms with E-state index in [1.807, 2.05) is 0 Å². The molecule has 4 N–H and O–H groups in total. The van der Waals surface area contributed by atoms with Gasteiger partial charge in [-0.25, -0.2) is 0 Å². The minimum absolute atomic E-state index is 0.0224. The van der Waals surface area contributed by atoms with Crippen LogP contribution in [0.1, 0.15) is 47.4 Å². The van der Waals surface area contributed by atoms with E-state index in [-0.39, 0.29) is 43.0 Å². The van der Waals surface area contributed by atoms with E-state index in [4.69, 9.17) is 16.2 Å². The molecule has 0 radical (unpaired) electrons. The van der Waals surface area contributed by atoms with Crippen LogP contribution in [0.15, 0.2) is 18.2 Å². The fraction of sp³-hybridized carbons (Fsp3) is 0.450. The van der Waals surface area contributed by atoms with E-state index in [2.05, 4.69) is 0 Å². The number of rotatable bonds is 6. The first-order chi connectivity index (χ1) is 14.1. The summed E-state index contributed by atoms with van der Waals surface area (Å²) in [5.41, 5.74) is 12.0. The molecule has 1 fully saturated rings. The second kappa shape index (κ2) is 8.23. The smallest absolute Gasteiger partial charge is 0.323 e. The molecule has 1 saturated heterocycles. The van der Waals surface area contributed by atoms with Gasteiger partial charge in [0.25, 0.3) is 17.7 Å². The average molecular weight is 416 g/mol. The van der Waals surface area contributed by atoms with Crippen LogP contribution in [-0.4, -0.2) is 64.6 Å². The Morgan fingerprint density at radius 1 is 1.17 bits per heavy atom. The van der Waals surface area contributed by atoms with Gasteiger partial charge in [-0.1, -0.05) is 13.8 Å². The fourth-order valence-corrected chi connectivity index (χ4v) is 3.46. The monoisotopic (exact) mass is 416 g/mol. The number of piperidine rings is 1. The Labute approximate surface area is 173 Å². The Morgan fingerprint density at radius 3 is 2.50 bits per heavy atom. The van der Waals surface area contributed by atoms with Gasteiger partial charge in [0.2, 0.25) is 5.91 Å². The molecule has 0 bridgehead atoms. The fourth-order valence-electron chi connectivity index (χ4n) is 3.46. The summed E-state index contributed by atoms with van der Waals surface area (Å²) in [7, 11) is 0. The van der Waals surface area contributed by atoms with Gasteiger partial charge < -0.3 is 16.2 Å². The average Bonchev–Trinajstić information content (AvgIpc) is 2.93. The highest BCUT2D eigenvalue weighted by molar-refractivity contribution is 6.23. The van der Waals surface area contributed by atoms with Crippen LogP contribution in [0.4, 0.5) is 5.69 Å². The summed E-state index contributed by atoms with van der Waals surface area (Å²) in [5.74, 6) is -3.11. The molecule has 160 valence electrons. The molecule has 2 aliphatic heterocycles. The van der Waals surface area contributed by atoms with Crippen LogP contribution in [0.3, 0.4) is 0 Å². The molecule has 10 heteroatoms. The van der Waals surface area contributed by atoms with E-state index >= 15 is 0 Å². The predicted molar refractivity (Wildman–Crippen MR) is 105 cm³/mol. The zero-order valence-corrected chi connectivity index (χ0v) is 16.8. The number of amides is 4. The van der Waals surface area contributed by atoms with Gasteiger partial charge in [-0.3, -0.25) is 33.8 Å². The Balaban J connectivity index is 1.71. The molecular weight excluding hydrogens is 392 g/mol. The second-order valence-electron chi connectivity index (χ2n) is 7.66. The van der Waals surface area contributed by atoms with Crippen molar-refractivity contribution in [3.05, 3.63) is 29.3 Å². The molecule has 1 aromatic rings. The molecule has 4 amide bonds. The zero-order valence-electron chi connectivity index (χ0n) is 16.8. The number of nitrogens with two attached hydrogens (primary N) is 2. The van der Waals surface area contributed by atoms with E-state index in [1.165, 1.54) is 18.2 Å². The molecule has 0 saturated carbocycles. The van der Waals surface area contributed by atoms with E-state index in [1.54, 1.807) is 13.8 Å². The molecule has 0 aromatic heterocycles. The maximum atomic E-state index is 12.9. The first-order valence-corrected chi connectivity index (χ1v) is 9.67. The summed E-state index contributed by atoms with van der Waals surface area (Å²) in [6.07, 6.45) is 0.0124. The number of carbonyl (C=O) groups excluding carboxylic acids is 5. The first kappa shape index (κ1) is 21.4. The SMILES string of the molecule is CC(C)[C@H](N)C(=O)OCCN1C(=O)CCC(N2C(=O)c3ccc(N)cc3C2=O)C1=O. The molecule has 30 heavy (non-hydrogen) atoms. The lowest BCUT2D eigenvalue weighted by Gasteiger charge is -2.34. The van der Waals surface area contributed by atoms with E-state index in [0.29, 0.717) is 5.69 Å². The third kappa shape index (κ3) is 3.78. The number of ether oxygens (including phenoxy) is 1. The van der Waals surface area contributed by atoms with Crippen molar-refractivity contribution < 1.29 is 28.7 Å². The van der Waals surface area contributed by atoms with Gasteiger partial charge >= 0.3 is 5.97 Å².